The van der Waals surface area contributed by atoms with Crippen LogP contribution in [0.5, 0.6) is 0 Å². The summed E-state index contributed by atoms with van der Waals surface area (Å²) in [5.74, 6) is 0.805. The number of rotatable bonds is 6. The van der Waals surface area contributed by atoms with Crippen LogP contribution in [0.3, 0.4) is 0 Å². The number of nitrogens with one attached hydrogen (secondary N) is 1. The second kappa shape index (κ2) is 6.93. The van der Waals surface area contributed by atoms with Gasteiger partial charge in [-0.1, -0.05) is 12.1 Å². The molecule has 0 radical (unpaired) electrons. The van der Waals surface area contributed by atoms with Gasteiger partial charge in [-0.25, -0.2) is 9.97 Å². The smallest absolute Gasteiger partial charge is 0.150 e. The van der Waals surface area contributed by atoms with Crippen molar-refractivity contribution in [1.29, 1.82) is 0 Å². The van der Waals surface area contributed by atoms with Gasteiger partial charge in [0.05, 0.1) is 17.1 Å². The van der Waals surface area contributed by atoms with E-state index in [1.54, 1.807) is 30.9 Å². The maximum Gasteiger partial charge on any atom is 0.150 e. The number of imidazole rings is 2. The van der Waals surface area contributed by atoms with Crippen LogP contribution in [-0.4, -0.2) is 25.8 Å². The average molecular weight is 346 g/mol. The summed E-state index contributed by atoms with van der Waals surface area (Å²) < 4.78 is 7.91. The summed E-state index contributed by atoms with van der Waals surface area (Å²) >= 11 is 0. The van der Waals surface area contributed by atoms with Gasteiger partial charge in [-0.15, -0.1) is 0 Å². The summed E-state index contributed by atoms with van der Waals surface area (Å²) in [5, 5.41) is 0. The number of aromatic nitrogens is 4. The third-order valence-corrected chi connectivity index (χ3v) is 4.35. The van der Waals surface area contributed by atoms with E-state index in [-0.39, 0.29) is 6.10 Å². The van der Waals surface area contributed by atoms with Crippen LogP contribution in [0.25, 0.3) is 16.7 Å². The maximum atomic E-state index is 10.9. The van der Waals surface area contributed by atoms with Crippen LogP contribution in [0.4, 0.5) is 0 Å². The standard InChI is InChI=1S/C20H18N4O2/c1-14(26-12-20-21-7-8-22-20)16-3-2-4-17(10-16)24-13-23-18-9-15(11-25)5-6-19(18)24/h2-11,13-14H,12H2,1H3,(H,21,22). The van der Waals surface area contributed by atoms with Crippen LogP contribution >= 0.6 is 0 Å². The molecule has 0 saturated heterocycles. The molecule has 4 rings (SSSR count). The van der Waals surface area contributed by atoms with E-state index in [4.69, 9.17) is 4.74 Å². The van der Waals surface area contributed by atoms with E-state index in [1.807, 2.05) is 35.8 Å². The Balaban J connectivity index is 1.60. The van der Waals surface area contributed by atoms with Crippen molar-refractivity contribution in [1.82, 2.24) is 19.5 Å². The monoisotopic (exact) mass is 346 g/mol. The third kappa shape index (κ3) is 3.14. The van der Waals surface area contributed by atoms with Crippen LogP contribution in [-0.2, 0) is 11.3 Å². The van der Waals surface area contributed by atoms with E-state index in [1.165, 1.54) is 0 Å². The van der Waals surface area contributed by atoms with E-state index >= 15 is 0 Å². The largest absolute Gasteiger partial charge is 0.366 e. The molecule has 2 aromatic heterocycles. The van der Waals surface area contributed by atoms with Crippen LogP contribution in [0.1, 0.15) is 34.8 Å². The number of fused-ring (bicyclic) bond motifs is 1. The van der Waals surface area contributed by atoms with Crippen molar-refractivity contribution in [2.75, 3.05) is 0 Å². The van der Waals surface area contributed by atoms with E-state index < -0.39 is 0 Å². The number of benzene rings is 2. The van der Waals surface area contributed by atoms with Gasteiger partial charge in [0, 0.05) is 23.6 Å². The first-order chi connectivity index (χ1) is 12.7. The Morgan fingerprint density at radius 2 is 2.15 bits per heavy atom. The number of nitrogens with zero attached hydrogens (tertiary/aromatic N) is 3. The van der Waals surface area contributed by atoms with Gasteiger partial charge in [-0.3, -0.25) is 9.36 Å². The molecule has 6 nitrogen and oxygen atoms in total. The number of aldehydes is 1. The van der Waals surface area contributed by atoms with E-state index in [0.717, 1.165) is 34.4 Å². The predicted octanol–water partition coefficient (Wildman–Crippen LogP) is 3.84. The van der Waals surface area contributed by atoms with Gasteiger partial charge in [-0.05, 0) is 42.8 Å². The topological polar surface area (TPSA) is 72.8 Å². The highest BCUT2D eigenvalue weighted by atomic mass is 16.5. The van der Waals surface area contributed by atoms with Crippen LogP contribution in [0.15, 0.2) is 61.2 Å². The fraction of sp³-hybridized carbons (Fsp3) is 0.150. The molecule has 1 N–H and O–H groups in total. The molecule has 0 spiro atoms. The second-order valence-electron chi connectivity index (χ2n) is 6.06. The quantitative estimate of drug-likeness (QED) is 0.538. The van der Waals surface area contributed by atoms with Gasteiger partial charge < -0.3 is 9.72 Å². The van der Waals surface area contributed by atoms with Crippen molar-refractivity contribution in [2.24, 2.45) is 0 Å². The molecule has 0 aliphatic rings. The molecular formula is C20H18N4O2. The van der Waals surface area contributed by atoms with Crippen LogP contribution in [0.2, 0.25) is 0 Å². The van der Waals surface area contributed by atoms with Crippen molar-refractivity contribution in [3.63, 3.8) is 0 Å². The first-order valence-electron chi connectivity index (χ1n) is 8.37. The number of aromatic amines is 1. The Morgan fingerprint density at radius 1 is 1.23 bits per heavy atom. The van der Waals surface area contributed by atoms with E-state index in [0.29, 0.717) is 12.2 Å². The summed E-state index contributed by atoms with van der Waals surface area (Å²) in [5.41, 5.74) is 4.44. The lowest BCUT2D eigenvalue weighted by atomic mass is 10.1. The van der Waals surface area contributed by atoms with Crippen molar-refractivity contribution in [2.45, 2.75) is 19.6 Å². The van der Waals surface area contributed by atoms with Crippen molar-refractivity contribution >= 4 is 17.3 Å². The summed E-state index contributed by atoms with van der Waals surface area (Å²) in [7, 11) is 0. The van der Waals surface area contributed by atoms with Crippen molar-refractivity contribution < 1.29 is 9.53 Å². The van der Waals surface area contributed by atoms with Gasteiger partial charge >= 0.3 is 0 Å². The Kier molecular flexibility index (Phi) is 4.33. The van der Waals surface area contributed by atoms with Gasteiger partial charge in [0.1, 0.15) is 25.0 Å². The number of ether oxygens (including phenoxy) is 1. The highest BCUT2D eigenvalue weighted by Gasteiger charge is 2.10. The third-order valence-electron chi connectivity index (χ3n) is 4.35. The molecule has 1 unspecified atom stereocenters. The van der Waals surface area contributed by atoms with Gasteiger partial charge in [0.25, 0.3) is 0 Å². The van der Waals surface area contributed by atoms with Crippen molar-refractivity contribution in [3.8, 4) is 5.69 Å². The molecule has 4 aromatic rings. The summed E-state index contributed by atoms with van der Waals surface area (Å²) in [6.07, 6.45) is 6.02. The molecule has 1 atom stereocenters. The van der Waals surface area contributed by atoms with E-state index in [2.05, 4.69) is 21.0 Å². The first-order valence-corrected chi connectivity index (χ1v) is 8.37. The fourth-order valence-corrected chi connectivity index (χ4v) is 2.91. The molecule has 0 aliphatic carbocycles. The van der Waals surface area contributed by atoms with Gasteiger partial charge in [0.15, 0.2) is 0 Å². The van der Waals surface area contributed by atoms with Crippen LogP contribution in [0, 0.1) is 0 Å². The molecule has 0 saturated carbocycles. The van der Waals surface area contributed by atoms with Gasteiger partial charge in [0.2, 0.25) is 0 Å². The lowest BCUT2D eigenvalue weighted by Crippen LogP contribution is -2.03. The molecule has 2 heterocycles. The minimum atomic E-state index is -0.0727. The average Bonchev–Trinajstić information content (AvgIpc) is 3.35. The number of H-pyrrole nitrogens is 1. The zero-order chi connectivity index (χ0) is 17.9. The molecule has 6 heteroatoms. The fourth-order valence-electron chi connectivity index (χ4n) is 2.91. The molecule has 0 bridgehead atoms. The zero-order valence-electron chi connectivity index (χ0n) is 14.3. The SMILES string of the molecule is CC(OCc1ncc[nH]1)c1cccc(-n2cnc3cc(C=O)ccc32)c1. The zero-order valence-corrected chi connectivity index (χ0v) is 14.3. The number of carbonyl (C=O) groups excluding carboxylic acids is 1. The molecular weight excluding hydrogens is 328 g/mol. The molecule has 2 aromatic carbocycles. The molecule has 0 aliphatic heterocycles. The molecule has 26 heavy (non-hydrogen) atoms. The Bertz CT molecular complexity index is 1040. The first kappa shape index (κ1) is 16.2. The summed E-state index contributed by atoms with van der Waals surface area (Å²) in [6, 6.07) is 13.7. The predicted molar refractivity (Wildman–Crippen MR) is 98.2 cm³/mol. The summed E-state index contributed by atoms with van der Waals surface area (Å²) in [6.45, 7) is 2.45. The normalized spacial score (nSPS) is 12.3. The Labute approximate surface area is 150 Å². The maximum absolute atomic E-state index is 10.9. The molecule has 130 valence electrons. The number of hydrogen-bond donors (Lipinski definition) is 1. The second-order valence-corrected chi connectivity index (χ2v) is 6.06. The van der Waals surface area contributed by atoms with E-state index in [9.17, 15) is 4.79 Å². The highest BCUT2D eigenvalue weighted by molar-refractivity contribution is 5.85. The number of carbonyl (C=O) groups is 1. The minimum absolute atomic E-state index is 0.0727. The lowest BCUT2D eigenvalue weighted by molar-refractivity contribution is 0.0487. The Morgan fingerprint density at radius 3 is 2.96 bits per heavy atom. The number of hydrogen-bond acceptors (Lipinski definition) is 4. The Hall–Kier alpha value is -3.25. The highest BCUT2D eigenvalue weighted by Crippen LogP contribution is 2.24. The van der Waals surface area contributed by atoms with Crippen LogP contribution < -0.4 is 0 Å². The molecule has 0 amide bonds. The molecule has 0 fully saturated rings. The lowest BCUT2D eigenvalue weighted by Gasteiger charge is -2.14. The van der Waals surface area contributed by atoms with Crippen molar-refractivity contribution in [3.05, 3.63) is 78.1 Å². The summed E-state index contributed by atoms with van der Waals surface area (Å²) in [4.78, 5) is 22.6. The van der Waals surface area contributed by atoms with Gasteiger partial charge in [-0.2, -0.15) is 0 Å². The minimum Gasteiger partial charge on any atom is -0.366 e.